The predicted molar refractivity (Wildman–Crippen MR) is 87.6 cm³/mol. The van der Waals surface area contributed by atoms with Gasteiger partial charge in [0.25, 0.3) is 23.1 Å². The molecule has 1 aromatic carbocycles. The van der Waals surface area contributed by atoms with E-state index in [4.69, 9.17) is 5.73 Å². The second kappa shape index (κ2) is 5.15. The lowest BCUT2D eigenvalue weighted by Crippen LogP contribution is -2.25. The van der Waals surface area contributed by atoms with E-state index in [2.05, 4.69) is 0 Å². The van der Waals surface area contributed by atoms with Gasteiger partial charge in [0.05, 0.1) is 16.1 Å². The van der Waals surface area contributed by atoms with E-state index in [1.54, 1.807) is 6.07 Å². The van der Waals surface area contributed by atoms with Crippen molar-refractivity contribution in [3.63, 3.8) is 0 Å². The topological polar surface area (TPSA) is 137 Å². The van der Waals surface area contributed by atoms with Crippen LogP contribution in [0.5, 0.6) is 0 Å². The highest BCUT2D eigenvalue weighted by Crippen LogP contribution is 2.31. The number of imide groups is 1. The summed E-state index contributed by atoms with van der Waals surface area (Å²) < 4.78 is 1.27. The van der Waals surface area contributed by atoms with E-state index >= 15 is 0 Å². The maximum atomic E-state index is 12.3. The van der Waals surface area contributed by atoms with Crippen molar-refractivity contribution < 1.29 is 14.5 Å². The molecule has 3 N–H and O–H groups in total. The minimum Gasteiger partial charge on any atom is -0.384 e. The molecule has 0 unspecified atom stereocenters. The molecule has 0 aliphatic carbocycles. The number of anilines is 1. The van der Waals surface area contributed by atoms with E-state index < -0.39 is 22.3 Å². The Morgan fingerprint density at radius 3 is 2.57 bits per heavy atom. The first kappa shape index (κ1) is 15.1. The third-order valence-electron chi connectivity index (χ3n) is 3.34. The largest absolute Gasteiger partial charge is 0.384 e. The molecule has 2 heterocycles. The molecule has 1 aromatic heterocycles. The van der Waals surface area contributed by atoms with Gasteiger partial charge in [-0.15, -0.1) is 0 Å². The lowest BCUT2D eigenvalue weighted by molar-refractivity contribution is -0.384. The van der Waals surface area contributed by atoms with Gasteiger partial charge in [0, 0.05) is 15.7 Å². The number of nitro groups is 1. The number of carbonyl (C=O) groups is 2. The summed E-state index contributed by atoms with van der Waals surface area (Å²) in [6.45, 7) is 0. The number of hydrogen-bond donors (Lipinski definition) is 2. The molecule has 0 spiro atoms. The Labute approximate surface area is 141 Å². The van der Waals surface area contributed by atoms with E-state index in [0.717, 1.165) is 10.6 Å². The molecule has 0 radical (unpaired) electrons. The molecule has 116 valence electrons. The number of nitrogens with one attached hydrogen (secondary N) is 1. The zero-order valence-corrected chi connectivity index (χ0v) is 13.4. The summed E-state index contributed by atoms with van der Waals surface area (Å²) in [5, 5.41) is 13.3. The SMILES string of the molecule is Nc1c2c(cc(=O)n1-c1c(I)cccc1[N+](=O)[O-])C(=O)NC2=O. The minimum atomic E-state index is -0.746. The first-order valence-electron chi connectivity index (χ1n) is 6.17. The van der Waals surface area contributed by atoms with Crippen molar-refractivity contribution in [2.45, 2.75) is 0 Å². The molecular formula is C13H7IN4O5. The van der Waals surface area contributed by atoms with Crippen LogP contribution in [0.3, 0.4) is 0 Å². The van der Waals surface area contributed by atoms with E-state index in [0.29, 0.717) is 3.57 Å². The summed E-state index contributed by atoms with van der Waals surface area (Å²) >= 11 is 1.83. The van der Waals surface area contributed by atoms with Gasteiger partial charge in [-0.1, -0.05) is 6.07 Å². The van der Waals surface area contributed by atoms with Crippen molar-refractivity contribution in [3.8, 4) is 5.69 Å². The van der Waals surface area contributed by atoms with Crippen molar-refractivity contribution in [3.05, 3.63) is 59.4 Å². The van der Waals surface area contributed by atoms with E-state index in [9.17, 15) is 24.5 Å². The number of nitro benzene ring substituents is 1. The Hall–Kier alpha value is -2.76. The second-order valence-electron chi connectivity index (χ2n) is 4.64. The zero-order chi connectivity index (χ0) is 16.9. The minimum absolute atomic E-state index is 0.0458. The maximum Gasteiger partial charge on any atom is 0.294 e. The van der Waals surface area contributed by atoms with E-state index in [-0.39, 0.29) is 28.3 Å². The maximum absolute atomic E-state index is 12.3. The van der Waals surface area contributed by atoms with Crippen LogP contribution < -0.4 is 16.6 Å². The molecule has 0 bridgehead atoms. The highest BCUT2D eigenvalue weighted by Gasteiger charge is 2.33. The van der Waals surface area contributed by atoms with Crippen LogP contribution in [0.4, 0.5) is 11.5 Å². The van der Waals surface area contributed by atoms with Gasteiger partial charge in [-0.25, -0.2) is 0 Å². The van der Waals surface area contributed by atoms with Crippen LogP contribution in [-0.4, -0.2) is 21.3 Å². The molecule has 9 nitrogen and oxygen atoms in total. The number of rotatable bonds is 2. The number of nitrogens with zero attached hydrogens (tertiary/aromatic N) is 2. The number of halogens is 1. The Morgan fingerprint density at radius 1 is 1.22 bits per heavy atom. The highest BCUT2D eigenvalue weighted by molar-refractivity contribution is 14.1. The number of hydrogen-bond acceptors (Lipinski definition) is 6. The molecule has 0 saturated carbocycles. The Bertz CT molecular complexity index is 966. The lowest BCUT2D eigenvalue weighted by atomic mass is 10.1. The number of nitrogens with two attached hydrogens (primary N) is 1. The van der Waals surface area contributed by atoms with Gasteiger partial charge in [-0.3, -0.25) is 34.4 Å². The lowest BCUT2D eigenvalue weighted by Gasteiger charge is -2.13. The van der Waals surface area contributed by atoms with Crippen molar-refractivity contribution >= 4 is 45.9 Å². The number of fused-ring (bicyclic) bond motifs is 1. The summed E-state index contributed by atoms with van der Waals surface area (Å²) in [5.74, 6) is -1.79. The summed E-state index contributed by atoms with van der Waals surface area (Å²) in [6, 6.07) is 5.20. The van der Waals surface area contributed by atoms with Gasteiger partial charge in [0.1, 0.15) is 11.5 Å². The monoisotopic (exact) mass is 426 g/mol. The smallest absolute Gasteiger partial charge is 0.294 e. The number of amides is 2. The van der Waals surface area contributed by atoms with Gasteiger partial charge in [0.15, 0.2) is 0 Å². The molecule has 1 aliphatic heterocycles. The van der Waals surface area contributed by atoms with Crippen LogP contribution in [-0.2, 0) is 0 Å². The van der Waals surface area contributed by atoms with Gasteiger partial charge in [-0.2, -0.15) is 0 Å². The predicted octanol–water partition coefficient (Wildman–Crippen LogP) is 0.816. The fraction of sp³-hybridized carbons (Fsp3) is 0. The molecular weight excluding hydrogens is 419 g/mol. The van der Waals surface area contributed by atoms with Gasteiger partial charge in [0.2, 0.25) is 0 Å². The molecule has 2 aromatic rings. The molecule has 1 aliphatic rings. The third kappa shape index (κ3) is 2.18. The van der Waals surface area contributed by atoms with Crippen LogP contribution in [0.2, 0.25) is 0 Å². The highest BCUT2D eigenvalue weighted by atomic mass is 127. The number of nitrogen functional groups attached to an aromatic ring is 1. The Morgan fingerprint density at radius 2 is 1.91 bits per heavy atom. The molecule has 0 fully saturated rings. The normalized spacial score (nSPS) is 12.9. The van der Waals surface area contributed by atoms with Crippen molar-refractivity contribution in [2.24, 2.45) is 0 Å². The van der Waals surface area contributed by atoms with E-state index in [1.807, 2.05) is 27.9 Å². The standard InChI is InChI=1S/C13H7IN4O5/c14-6-2-1-3-7(18(22)23)10(6)17-8(19)4-5-9(11(17)15)13(21)16-12(5)20/h1-4H,15H2,(H,16,20,21). The van der Waals surface area contributed by atoms with E-state index in [1.165, 1.54) is 12.1 Å². The number of pyridine rings is 1. The van der Waals surface area contributed by atoms with Gasteiger partial charge in [-0.05, 0) is 28.7 Å². The van der Waals surface area contributed by atoms with Crippen molar-refractivity contribution in [1.29, 1.82) is 0 Å². The molecule has 3 rings (SSSR count). The average molecular weight is 426 g/mol. The van der Waals surface area contributed by atoms with Crippen molar-refractivity contribution in [1.82, 2.24) is 9.88 Å². The van der Waals surface area contributed by atoms with Crippen LogP contribution in [0.1, 0.15) is 20.7 Å². The Balaban J connectivity index is 2.43. The quantitative estimate of drug-likeness (QED) is 0.316. The van der Waals surface area contributed by atoms with Crippen molar-refractivity contribution in [2.75, 3.05) is 5.73 Å². The van der Waals surface area contributed by atoms with Gasteiger partial charge >= 0.3 is 0 Å². The second-order valence-corrected chi connectivity index (χ2v) is 5.80. The molecule has 10 heteroatoms. The molecule has 0 saturated heterocycles. The Kier molecular flexibility index (Phi) is 3.39. The first-order valence-corrected chi connectivity index (χ1v) is 7.25. The number of carbonyl (C=O) groups excluding carboxylic acids is 2. The molecule has 2 amide bonds. The summed E-state index contributed by atoms with van der Waals surface area (Å²) in [6.07, 6.45) is 0. The number of benzene rings is 1. The molecule has 0 atom stereocenters. The molecule has 23 heavy (non-hydrogen) atoms. The average Bonchev–Trinajstić information content (AvgIpc) is 2.74. The van der Waals surface area contributed by atoms with Gasteiger partial charge < -0.3 is 5.73 Å². The number of para-hydroxylation sites is 1. The summed E-state index contributed by atoms with van der Waals surface area (Å²) in [4.78, 5) is 46.4. The zero-order valence-electron chi connectivity index (χ0n) is 11.2. The van der Waals surface area contributed by atoms with Crippen LogP contribution in [0, 0.1) is 13.7 Å². The van der Waals surface area contributed by atoms with Crippen LogP contribution in [0.15, 0.2) is 29.1 Å². The van der Waals surface area contributed by atoms with Crippen LogP contribution in [0.25, 0.3) is 5.69 Å². The first-order chi connectivity index (χ1) is 10.8. The number of aromatic nitrogens is 1. The third-order valence-corrected chi connectivity index (χ3v) is 4.21. The fourth-order valence-corrected chi connectivity index (χ4v) is 3.11. The summed E-state index contributed by atoms with van der Waals surface area (Å²) in [7, 11) is 0. The van der Waals surface area contributed by atoms with Crippen LogP contribution >= 0.6 is 22.6 Å². The fourth-order valence-electron chi connectivity index (χ4n) is 2.38. The summed E-state index contributed by atoms with van der Waals surface area (Å²) in [5.41, 5.74) is 4.46.